The molecule has 0 N–H and O–H groups in total. The average molecular weight is 437 g/mol. The second-order valence-corrected chi connectivity index (χ2v) is 6.83. The molecule has 2 heterocycles. The van der Waals surface area contributed by atoms with Crippen molar-refractivity contribution in [1.29, 1.82) is 0 Å². The molecule has 1 aliphatic heterocycles. The Morgan fingerprint density at radius 3 is 2.59 bits per heavy atom. The minimum Gasteiger partial charge on any atom is -0.484 e. The molecule has 0 bridgehead atoms. The summed E-state index contributed by atoms with van der Waals surface area (Å²) >= 11 is 6.02. The van der Waals surface area contributed by atoms with Crippen molar-refractivity contribution >= 4 is 11.6 Å². The van der Waals surface area contributed by atoms with Gasteiger partial charge in [0.15, 0.2) is 12.1 Å². The molecule has 1 fully saturated rings. The number of nitrogens with zero attached hydrogens (tertiary/aromatic N) is 2. The Bertz CT molecular complexity index is 958. The summed E-state index contributed by atoms with van der Waals surface area (Å²) in [7, 11) is 0. The summed E-state index contributed by atoms with van der Waals surface area (Å²) in [5, 5.41) is 3.38. The van der Waals surface area contributed by atoms with E-state index in [2.05, 4.69) is 5.10 Å². The van der Waals surface area contributed by atoms with Crippen molar-refractivity contribution in [2.24, 2.45) is 0 Å². The van der Waals surface area contributed by atoms with Crippen LogP contribution in [0.1, 0.15) is 24.5 Å². The van der Waals surface area contributed by atoms with Crippen LogP contribution in [-0.2, 0) is 15.7 Å². The molecule has 1 aromatic heterocycles. The summed E-state index contributed by atoms with van der Waals surface area (Å²) in [5.74, 6) is -0.950. The van der Waals surface area contributed by atoms with E-state index in [1.165, 1.54) is 0 Å². The SMILES string of the molecule is Cc1c(C(F)(F)F)cnn(-c2cc(OC(C)C3OCCCO3)c(Cl)cc2F)c1=O. The summed E-state index contributed by atoms with van der Waals surface area (Å²) in [6.07, 6.45) is -4.82. The molecule has 0 aliphatic carbocycles. The standard InChI is InChI=1S/C18H17ClF4N2O4/c1-9-11(18(21,22)23)8-24-25(16(9)26)14-7-15(12(19)6-13(14)20)29-10(2)17-27-4-3-5-28-17/h6-8,10,17H,3-5H2,1-2H3. The van der Waals surface area contributed by atoms with Gasteiger partial charge in [0, 0.05) is 11.6 Å². The van der Waals surface area contributed by atoms with Gasteiger partial charge in [-0.25, -0.2) is 4.39 Å². The normalized spacial score (nSPS) is 16.7. The summed E-state index contributed by atoms with van der Waals surface area (Å²) in [5.41, 5.74) is -3.31. The molecule has 1 saturated heterocycles. The second-order valence-electron chi connectivity index (χ2n) is 6.42. The number of rotatable bonds is 4. The zero-order valence-corrected chi connectivity index (χ0v) is 16.2. The molecule has 1 atom stereocenters. The van der Waals surface area contributed by atoms with Crippen LogP contribution in [0.3, 0.4) is 0 Å². The van der Waals surface area contributed by atoms with Crippen molar-refractivity contribution in [3.05, 3.63) is 50.7 Å². The lowest BCUT2D eigenvalue weighted by atomic mass is 10.2. The minimum absolute atomic E-state index is 0.000379. The van der Waals surface area contributed by atoms with E-state index in [4.69, 9.17) is 25.8 Å². The van der Waals surface area contributed by atoms with Gasteiger partial charge in [0.25, 0.3) is 5.56 Å². The summed E-state index contributed by atoms with van der Waals surface area (Å²) < 4.78 is 70.4. The van der Waals surface area contributed by atoms with Crippen molar-refractivity contribution in [1.82, 2.24) is 9.78 Å². The maximum atomic E-state index is 14.4. The fourth-order valence-electron chi connectivity index (χ4n) is 2.80. The van der Waals surface area contributed by atoms with Gasteiger partial charge < -0.3 is 14.2 Å². The summed E-state index contributed by atoms with van der Waals surface area (Å²) in [6.45, 7) is 3.63. The first-order valence-electron chi connectivity index (χ1n) is 8.65. The number of alkyl halides is 3. The highest BCUT2D eigenvalue weighted by molar-refractivity contribution is 6.32. The highest BCUT2D eigenvalue weighted by Gasteiger charge is 2.34. The number of hydrogen-bond donors (Lipinski definition) is 0. The smallest absolute Gasteiger partial charge is 0.418 e. The predicted octanol–water partition coefficient (Wildman–Crippen LogP) is 3.88. The second kappa shape index (κ2) is 8.29. The zero-order valence-electron chi connectivity index (χ0n) is 15.4. The van der Waals surface area contributed by atoms with Gasteiger partial charge in [-0.3, -0.25) is 4.79 Å². The van der Waals surface area contributed by atoms with Crippen molar-refractivity contribution in [3.63, 3.8) is 0 Å². The Labute approximate surface area is 167 Å². The first kappa shape index (κ1) is 21.5. The molecule has 2 aromatic rings. The fourth-order valence-corrected chi connectivity index (χ4v) is 2.99. The maximum absolute atomic E-state index is 14.4. The number of aromatic nitrogens is 2. The lowest BCUT2D eigenvalue weighted by molar-refractivity contribution is -0.213. The third kappa shape index (κ3) is 4.54. The molecule has 3 rings (SSSR count). The average Bonchev–Trinajstić information content (AvgIpc) is 2.66. The first-order chi connectivity index (χ1) is 13.6. The van der Waals surface area contributed by atoms with Gasteiger partial charge in [-0.15, -0.1) is 0 Å². The summed E-state index contributed by atoms with van der Waals surface area (Å²) in [6, 6.07) is 1.99. The van der Waals surface area contributed by atoms with Crippen LogP contribution in [0.4, 0.5) is 17.6 Å². The molecule has 1 unspecified atom stereocenters. The third-order valence-corrected chi connectivity index (χ3v) is 4.60. The minimum atomic E-state index is -4.75. The Balaban J connectivity index is 1.98. The molecule has 0 spiro atoms. The third-order valence-electron chi connectivity index (χ3n) is 4.30. The van der Waals surface area contributed by atoms with Gasteiger partial charge in [0.1, 0.15) is 17.5 Å². The van der Waals surface area contributed by atoms with Crippen LogP contribution >= 0.6 is 11.6 Å². The zero-order chi connectivity index (χ0) is 21.3. The van der Waals surface area contributed by atoms with E-state index in [-0.39, 0.29) is 10.8 Å². The van der Waals surface area contributed by atoms with Gasteiger partial charge in [-0.05, 0) is 26.3 Å². The molecular formula is C18H17ClF4N2O4. The van der Waals surface area contributed by atoms with Crippen LogP contribution < -0.4 is 10.3 Å². The van der Waals surface area contributed by atoms with Gasteiger partial charge in [-0.1, -0.05) is 11.6 Å². The van der Waals surface area contributed by atoms with Crippen LogP contribution in [0.15, 0.2) is 23.1 Å². The summed E-state index contributed by atoms with van der Waals surface area (Å²) in [4.78, 5) is 12.4. The Kier molecular flexibility index (Phi) is 6.16. The largest absolute Gasteiger partial charge is 0.484 e. The van der Waals surface area contributed by atoms with Crippen LogP contribution in [0.2, 0.25) is 5.02 Å². The van der Waals surface area contributed by atoms with Crippen LogP contribution in [-0.4, -0.2) is 35.4 Å². The van der Waals surface area contributed by atoms with Gasteiger partial charge in [0.05, 0.1) is 30.0 Å². The topological polar surface area (TPSA) is 62.6 Å². The molecular weight excluding hydrogens is 420 g/mol. The van der Waals surface area contributed by atoms with E-state index in [1.54, 1.807) is 6.92 Å². The number of halogens is 5. The predicted molar refractivity (Wildman–Crippen MR) is 94.9 cm³/mol. The fraction of sp³-hybridized carbons (Fsp3) is 0.444. The lowest BCUT2D eigenvalue weighted by Crippen LogP contribution is -2.37. The van der Waals surface area contributed by atoms with Gasteiger partial charge >= 0.3 is 6.18 Å². The van der Waals surface area contributed by atoms with E-state index in [9.17, 15) is 22.4 Å². The van der Waals surface area contributed by atoms with Gasteiger partial charge in [-0.2, -0.15) is 23.0 Å². The van der Waals surface area contributed by atoms with E-state index >= 15 is 0 Å². The molecule has 29 heavy (non-hydrogen) atoms. The van der Waals surface area contributed by atoms with Crippen molar-refractivity contribution in [2.45, 2.75) is 38.8 Å². The van der Waals surface area contributed by atoms with Crippen molar-refractivity contribution in [2.75, 3.05) is 13.2 Å². The molecule has 1 aliphatic rings. The Morgan fingerprint density at radius 2 is 1.97 bits per heavy atom. The first-order valence-corrected chi connectivity index (χ1v) is 9.03. The van der Waals surface area contributed by atoms with Crippen molar-refractivity contribution in [3.8, 4) is 11.4 Å². The lowest BCUT2D eigenvalue weighted by Gasteiger charge is -2.28. The van der Waals surface area contributed by atoms with Crippen LogP contribution in [0.25, 0.3) is 5.69 Å². The quantitative estimate of drug-likeness (QED) is 0.681. The molecule has 0 amide bonds. The monoisotopic (exact) mass is 436 g/mol. The van der Waals surface area contributed by atoms with Crippen molar-refractivity contribution < 1.29 is 31.8 Å². The number of hydrogen-bond acceptors (Lipinski definition) is 5. The Morgan fingerprint density at radius 1 is 1.31 bits per heavy atom. The number of benzene rings is 1. The molecule has 158 valence electrons. The highest BCUT2D eigenvalue weighted by atomic mass is 35.5. The van der Waals surface area contributed by atoms with Crippen LogP contribution in [0.5, 0.6) is 5.75 Å². The van der Waals surface area contributed by atoms with E-state index in [1.807, 2.05) is 0 Å². The maximum Gasteiger partial charge on any atom is 0.418 e. The molecule has 0 saturated carbocycles. The van der Waals surface area contributed by atoms with E-state index in [0.717, 1.165) is 25.5 Å². The van der Waals surface area contributed by atoms with Crippen LogP contribution in [0, 0.1) is 12.7 Å². The highest BCUT2D eigenvalue weighted by Crippen LogP contribution is 2.32. The molecule has 11 heteroatoms. The molecule has 6 nitrogen and oxygen atoms in total. The van der Waals surface area contributed by atoms with Gasteiger partial charge in [0.2, 0.25) is 0 Å². The van der Waals surface area contributed by atoms with E-state index < -0.39 is 46.8 Å². The number of ether oxygens (including phenoxy) is 3. The molecule has 0 radical (unpaired) electrons. The Hall–Kier alpha value is -2.17. The molecule has 1 aromatic carbocycles. The van der Waals surface area contributed by atoms with E-state index in [0.29, 0.717) is 24.1 Å².